The highest BCUT2D eigenvalue weighted by molar-refractivity contribution is 5.73. The van der Waals surface area contributed by atoms with Crippen LogP contribution in [0.15, 0.2) is 6.07 Å². The minimum absolute atomic E-state index is 0.00180. The van der Waals surface area contributed by atoms with Gasteiger partial charge in [0.15, 0.2) is 5.75 Å². The van der Waals surface area contributed by atoms with Crippen LogP contribution in [0.1, 0.15) is 30.3 Å². The number of ether oxygens (including phenoxy) is 2. The summed E-state index contributed by atoms with van der Waals surface area (Å²) < 4.78 is 73.1. The average Bonchev–Trinajstić information content (AvgIpc) is 2.36. The molecule has 1 aromatic rings. The predicted molar refractivity (Wildman–Crippen MR) is 61.1 cm³/mol. The Morgan fingerprint density at radius 2 is 2.00 bits per heavy atom. The minimum Gasteiger partial charge on any atom is -0.494 e. The van der Waals surface area contributed by atoms with E-state index >= 15 is 0 Å². The van der Waals surface area contributed by atoms with Gasteiger partial charge in [-0.05, 0) is 13.0 Å². The first kappa shape index (κ1) is 17.1. The summed E-state index contributed by atoms with van der Waals surface area (Å²) in [4.78, 5) is 14.7. The lowest BCUT2D eigenvalue weighted by Crippen LogP contribution is -2.16. The van der Waals surface area contributed by atoms with Gasteiger partial charge in [-0.1, -0.05) is 0 Å². The molecule has 4 nitrogen and oxygen atoms in total. The van der Waals surface area contributed by atoms with Gasteiger partial charge < -0.3 is 9.47 Å². The fourth-order valence-electron chi connectivity index (χ4n) is 1.63. The molecule has 0 bridgehead atoms. The molecule has 21 heavy (non-hydrogen) atoms. The molecule has 0 aliphatic heterocycles. The van der Waals surface area contributed by atoms with Crippen molar-refractivity contribution >= 4 is 5.97 Å². The van der Waals surface area contributed by atoms with Crippen molar-refractivity contribution in [2.75, 3.05) is 13.7 Å². The summed E-state index contributed by atoms with van der Waals surface area (Å²) in [5.41, 5.74) is -3.03. The van der Waals surface area contributed by atoms with Gasteiger partial charge in [-0.3, -0.25) is 4.79 Å². The van der Waals surface area contributed by atoms with Crippen LogP contribution in [0.3, 0.4) is 0 Å². The van der Waals surface area contributed by atoms with E-state index in [9.17, 15) is 26.7 Å². The summed E-state index contributed by atoms with van der Waals surface area (Å²) in [6.45, 7) is 1.50. The molecule has 0 saturated carbocycles. The molecule has 0 spiro atoms. The van der Waals surface area contributed by atoms with Crippen molar-refractivity contribution in [3.8, 4) is 5.75 Å². The number of methoxy groups -OCH3 is 1. The summed E-state index contributed by atoms with van der Waals surface area (Å²) >= 11 is 0. The molecule has 0 fully saturated rings. The van der Waals surface area contributed by atoms with Gasteiger partial charge in [0.2, 0.25) is 0 Å². The first-order chi connectivity index (χ1) is 9.70. The smallest absolute Gasteiger partial charge is 0.420 e. The van der Waals surface area contributed by atoms with Crippen molar-refractivity contribution in [3.05, 3.63) is 23.0 Å². The molecule has 0 aliphatic rings. The number of esters is 1. The van der Waals surface area contributed by atoms with Gasteiger partial charge in [-0.2, -0.15) is 13.2 Å². The standard InChI is InChI=1S/C12H12F5NO3/c1-3-21-9(19)5-7-10(20-2)6(12(15,16)17)4-8(18-7)11(13)14/h4,11H,3,5H2,1-2H3. The monoisotopic (exact) mass is 313 g/mol. The van der Waals surface area contributed by atoms with Crippen LogP contribution in [0.4, 0.5) is 22.0 Å². The highest BCUT2D eigenvalue weighted by Gasteiger charge is 2.37. The Morgan fingerprint density at radius 3 is 2.43 bits per heavy atom. The minimum atomic E-state index is -4.92. The first-order valence-electron chi connectivity index (χ1n) is 5.79. The maximum absolute atomic E-state index is 12.9. The van der Waals surface area contributed by atoms with Crippen LogP contribution in [-0.4, -0.2) is 24.7 Å². The first-order valence-corrected chi connectivity index (χ1v) is 5.79. The number of aromatic nitrogens is 1. The van der Waals surface area contributed by atoms with Crippen LogP contribution in [0.5, 0.6) is 5.75 Å². The van der Waals surface area contributed by atoms with Crippen LogP contribution in [-0.2, 0) is 22.1 Å². The number of hydrogen-bond donors (Lipinski definition) is 0. The Bertz CT molecular complexity index is 516. The van der Waals surface area contributed by atoms with Crippen molar-refractivity contribution in [2.45, 2.75) is 25.9 Å². The predicted octanol–water partition coefficient (Wildman–Crippen LogP) is 3.15. The fourth-order valence-corrected chi connectivity index (χ4v) is 1.63. The zero-order chi connectivity index (χ0) is 16.2. The number of pyridine rings is 1. The van der Waals surface area contributed by atoms with E-state index in [1.54, 1.807) is 0 Å². The molecule has 0 atom stereocenters. The SMILES string of the molecule is CCOC(=O)Cc1nc(C(F)F)cc(C(F)(F)F)c1OC. The Kier molecular flexibility index (Phi) is 5.45. The number of carbonyl (C=O) groups excluding carboxylic acids is 1. The topological polar surface area (TPSA) is 48.4 Å². The number of alkyl halides is 5. The molecular formula is C12H12F5NO3. The third-order valence-corrected chi connectivity index (χ3v) is 2.41. The molecule has 0 aromatic carbocycles. The van der Waals surface area contributed by atoms with E-state index in [-0.39, 0.29) is 12.7 Å². The van der Waals surface area contributed by atoms with Gasteiger partial charge in [0, 0.05) is 0 Å². The lowest BCUT2D eigenvalue weighted by atomic mass is 10.1. The Hall–Kier alpha value is -1.93. The van der Waals surface area contributed by atoms with Crippen LogP contribution < -0.4 is 4.74 Å². The van der Waals surface area contributed by atoms with E-state index in [0.717, 1.165) is 7.11 Å². The molecule has 0 amide bonds. The van der Waals surface area contributed by atoms with Crippen LogP contribution in [0, 0.1) is 0 Å². The molecular weight excluding hydrogens is 301 g/mol. The highest BCUT2D eigenvalue weighted by Crippen LogP contribution is 2.39. The van der Waals surface area contributed by atoms with Gasteiger partial charge in [0.25, 0.3) is 6.43 Å². The molecule has 1 rings (SSSR count). The summed E-state index contributed by atoms with van der Waals surface area (Å²) in [7, 11) is 0.933. The molecule has 0 radical (unpaired) electrons. The van der Waals surface area contributed by atoms with Crippen molar-refractivity contribution < 1.29 is 36.2 Å². The van der Waals surface area contributed by atoms with E-state index < -0.39 is 47.7 Å². The number of halogens is 5. The summed E-state index contributed by atoms with van der Waals surface area (Å²) in [6.07, 6.45) is -8.82. The fraction of sp³-hybridized carbons (Fsp3) is 0.500. The maximum atomic E-state index is 12.9. The maximum Gasteiger partial charge on any atom is 0.420 e. The van der Waals surface area contributed by atoms with E-state index in [1.807, 2.05) is 0 Å². The van der Waals surface area contributed by atoms with Gasteiger partial charge in [0.1, 0.15) is 11.3 Å². The van der Waals surface area contributed by atoms with E-state index in [0.29, 0.717) is 0 Å². The normalized spacial score (nSPS) is 11.6. The number of hydrogen-bond acceptors (Lipinski definition) is 4. The third kappa shape index (κ3) is 4.27. The second kappa shape index (κ2) is 6.68. The van der Waals surface area contributed by atoms with E-state index in [2.05, 4.69) is 14.5 Å². The Balaban J connectivity index is 3.38. The molecule has 0 N–H and O–H groups in total. The molecule has 118 valence electrons. The van der Waals surface area contributed by atoms with Crippen molar-refractivity contribution in [1.82, 2.24) is 4.98 Å². The van der Waals surface area contributed by atoms with Crippen LogP contribution >= 0.6 is 0 Å². The number of carbonyl (C=O) groups is 1. The quantitative estimate of drug-likeness (QED) is 0.619. The summed E-state index contributed by atoms with van der Waals surface area (Å²) in [6, 6.07) is 0.207. The second-order valence-electron chi connectivity index (χ2n) is 3.85. The summed E-state index contributed by atoms with van der Waals surface area (Å²) in [5.74, 6) is -1.65. The second-order valence-corrected chi connectivity index (χ2v) is 3.85. The molecule has 1 aromatic heterocycles. The lowest BCUT2D eigenvalue weighted by molar-refractivity contribution is -0.143. The van der Waals surface area contributed by atoms with E-state index in [1.165, 1.54) is 6.92 Å². The highest BCUT2D eigenvalue weighted by atomic mass is 19.4. The lowest BCUT2D eigenvalue weighted by Gasteiger charge is -2.16. The zero-order valence-corrected chi connectivity index (χ0v) is 11.1. The Labute approximate surface area is 116 Å². The van der Waals surface area contributed by atoms with E-state index in [4.69, 9.17) is 0 Å². The van der Waals surface area contributed by atoms with Gasteiger partial charge in [-0.25, -0.2) is 13.8 Å². The van der Waals surface area contributed by atoms with Crippen LogP contribution in [0.2, 0.25) is 0 Å². The summed E-state index contributed by atoms with van der Waals surface area (Å²) in [5, 5.41) is 0. The largest absolute Gasteiger partial charge is 0.494 e. The molecule has 0 aliphatic carbocycles. The average molecular weight is 313 g/mol. The number of nitrogens with zero attached hydrogens (tertiary/aromatic N) is 1. The van der Waals surface area contributed by atoms with Gasteiger partial charge in [-0.15, -0.1) is 0 Å². The Morgan fingerprint density at radius 1 is 1.38 bits per heavy atom. The molecule has 0 saturated heterocycles. The van der Waals surface area contributed by atoms with Crippen molar-refractivity contribution in [3.63, 3.8) is 0 Å². The van der Waals surface area contributed by atoms with Crippen LogP contribution in [0.25, 0.3) is 0 Å². The number of rotatable bonds is 5. The molecule has 0 unspecified atom stereocenters. The molecule has 1 heterocycles. The molecule has 9 heteroatoms. The van der Waals surface area contributed by atoms with Crippen molar-refractivity contribution in [1.29, 1.82) is 0 Å². The third-order valence-electron chi connectivity index (χ3n) is 2.41. The zero-order valence-electron chi connectivity index (χ0n) is 11.1. The van der Waals surface area contributed by atoms with Gasteiger partial charge in [0.05, 0.1) is 25.8 Å². The van der Waals surface area contributed by atoms with Crippen molar-refractivity contribution in [2.24, 2.45) is 0 Å². The van der Waals surface area contributed by atoms with Gasteiger partial charge >= 0.3 is 12.1 Å².